The molecule has 0 spiro atoms. The third kappa shape index (κ3) is 3.56. The molecule has 0 saturated heterocycles. The van der Waals surface area contributed by atoms with Crippen molar-refractivity contribution in [2.75, 3.05) is 12.3 Å². The molecular weight excluding hydrogens is 218 g/mol. The molecule has 1 fully saturated rings. The summed E-state index contributed by atoms with van der Waals surface area (Å²) in [6, 6.07) is 0.469. The van der Waals surface area contributed by atoms with Crippen LogP contribution in [0.15, 0.2) is 0 Å². The van der Waals surface area contributed by atoms with E-state index in [1.165, 1.54) is 12.8 Å². The Morgan fingerprint density at radius 2 is 1.94 bits per heavy atom. The van der Waals surface area contributed by atoms with Crippen molar-refractivity contribution in [3.05, 3.63) is 0 Å². The molecule has 0 heterocycles. The highest BCUT2D eigenvalue weighted by Gasteiger charge is 2.36. The quantitative estimate of drug-likeness (QED) is 0.806. The Kier molecular flexibility index (Phi) is 5.98. The van der Waals surface area contributed by atoms with Crippen LogP contribution in [0.2, 0.25) is 0 Å². The number of hydrogen-bond donors (Lipinski definition) is 1. The number of hydrogen-bond acceptors (Lipinski definition) is 2. The highest BCUT2D eigenvalue weighted by molar-refractivity contribution is 7.85. The van der Waals surface area contributed by atoms with Crippen LogP contribution in [0.5, 0.6) is 0 Å². The first-order chi connectivity index (χ1) is 7.60. The van der Waals surface area contributed by atoms with E-state index in [9.17, 15) is 4.21 Å². The van der Waals surface area contributed by atoms with Crippen LogP contribution in [0.3, 0.4) is 0 Å². The topological polar surface area (TPSA) is 29.1 Å². The minimum atomic E-state index is -0.646. The van der Waals surface area contributed by atoms with Crippen LogP contribution in [0.1, 0.15) is 47.0 Å². The summed E-state index contributed by atoms with van der Waals surface area (Å²) in [5, 5.41) is 3.91. The first kappa shape index (κ1) is 14.2. The van der Waals surface area contributed by atoms with Gasteiger partial charge < -0.3 is 5.32 Å². The van der Waals surface area contributed by atoms with Crippen molar-refractivity contribution in [3.63, 3.8) is 0 Å². The van der Waals surface area contributed by atoms with E-state index >= 15 is 0 Å². The average molecular weight is 245 g/mol. The summed E-state index contributed by atoms with van der Waals surface area (Å²) in [6.07, 6.45) is 3.46. The summed E-state index contributed by atoms with van der Waals surface area (Å²) in [5.41, 5.74) is 0. The molecule has 1 N–H and O–H groups in total. The molecule has 0 aromatic heterocycles. The van der Waals surface area contributed by atoms with Gasteiger partial charge >= 0.3 is 0 Å². The molecule has 1 aliphatic carbocycles. The lowest BCUT2D eigenvalue weighted by atomic mass is 9.80. The second-order valence-corrected chi connectivity index (χ2v) is 6.98. The van der Waals surface area contributed by atoms with Crippen molar-refractivity contribution in [1.82, 2.24) is 5.32 Å². The largest absolute Gasteiger partial charge is 0.313 e. The molecule has 2 nitrogen and oxygen atoms in total. The Bertz CT molecular complexity index is 232. The van der Waals surface area contributed by atoms with Gasteiger partial charge in [-0.3, -0.25) is 4.21 Å². The van der Waals surface area contributed by atoms with Crippen LogP contribution in [0.25, 0.3) is 0 Å². The van der Waals surface area contributed by atoms with Crippen molar-refractivity contribution in [3.8, 4) is 0 Å². The average Bonchev–Trinajstić information content (AvgIpc) is 2.17. The Hall–Kier alpha value is 0.110. The molecule has 5 unspecified atom stereocenters. The third-order valence-electron chi connectivity index (χ3n) is 3.56. The van der Waals surface area contributed by atoms with E-state index in [-0.39, 0.29) is 0 Å². The fourth-order valence-corrected chi connectivity index (χ4v) is 4.95. The first-order valence-electron chi connectivity index (χ1n) is 6.70. The van der Waals surface area contributed by atoms with E-state index in [2.05, 4.69) is 33.0 Å². The highest BCUT2D eigenvalue weighted by atomic mass is 32.2. The van der Waals surface area contributed by atoms with Crippen LogP contribution in [-0.4, -0.2) is 27.8 Å². The highest BCUT2D eigenvalue weighted by Crippen LogP contribution is 2.32. The van der Waals surface area contributed by atoms with Crippen LogP contribution >= 0.6 is 0 Å². The Morgan fingerprint density at radius 1 is 1.25 bits per heavy atom. The van der Waals surface area contributed by atoms with Crippen molar-refractivity contribution >= 4 is 10.8 Å². The normalized spacial score (nSPS) is 37.2. The summed E-state index contributed by atoms with van der Waals surface area (Å²) in [4.78, 5) is 0. The zero-order valence-electron chi connectivity index (χ0n) is 11.2. The molecule has 1 saturated carbocycles. The maximum Gasteiger partial charge on any atom is 0.0526 e. The lowest BCUT2D eigenvalue weighted by molar-refractivity contribution is 0.248. The summed E-state index contributed by atoms with van der Waals surface area (Å²) < 4.78 is 12.3. The molecular formula is C13H27NOS. The summed E-state index contributed by atoms with van der Waals surface area (Å²) in [6.45, 7) is 9.85. The molecule has 0 radical (unpaired) electrons. The summed E-state index contributed by atoms with van der Waals surface area (Å²) in [7, 11) is -0.646. The number of rotatable bonds is 5. The zero-order chi connectivity index (χ0) is 12.1. The van der Waals surface area contributed by atoms with Gasteiger partial charge in [-0.1, -0.05) is 27.7 Å². The van der Waals surface area contributed by atoms with E-state index in [1.54, 1.807) is 0 Å². The molecule has 96 valence electrons. The third-order valence-corrected chi connectivity index (χ3v) is 5.77. The molecule has 0 bridgehead atoms. The van der Waals surface area contributed by atoms with Gasteiger partial charge in [-0.15, -0.1) is 0 Å². The first-order valence-corrected chi connectivity index (χ1v) is 8.08. The van der Waals surface area contributed by atoms with Gasteiger partial charge in [0.05, 0.1) is 5.25 Å². The van der Waals surface area contributed by atoms with E-state index in [0.29, 0.717) is 17.2 Å². The van der Waals surface area contributed by atoms with Gasteiger partial charge in [0.1, 0.15) is 0 Å². The fraction of sp³-hybridized carbons (Fsp3) is 1.00. The molecule has 0 aromatic carbocycles. The van der Waals surface area contributed by atoms with Crippen LogP contribution in [0, 0.1) is 11.8 Å². The minimum absolute atomic E-state index is 0.371. The van der Waals surface area contributed by atoms with Gasteiger partial charge in [0, 0.05) is 22.6 Å². The van der Waals surface area contributed by atoms with Gasteiger partial charge in [-0.2, -0.15) is 0 Å². The fourth-order valence-electron chi connectivity index (χ4n) is 3.07. The lowest BCUT2D eigenvalue weighted by Crippen LogP contribution is -2.50. The molecule has 5 atom stereocenters. The van der Waals surface area contributed by atoms with Gasteiger partial charge in [-0.25, -0.2) is 0 Å². The van der Waals surface area contributed by atoms with Crippen LogP contribution < -0.4 is 5.32 Å². The lowest BCUT2D eigenvalue weighted by Gasteiger charge is -2.39. The molecule has 0 aliphatic heterocycles. The van der Waals surface area contributed by atoms with Gasteiger partial charge in [-0.05, 0) is 37.6 Å². The second kappa shape index (κ2) is 6.75. The Balaban J connectivity index is 2.70. The molecule has 0 amide bonds. The SMILES string of the molecule is CCCS(=O)C1C(C)CC(C)CC1NCC. The van der Waals surface area contributed by atoms with E-state index in [4.69, 9.17) is 0 Å². The molecule has 1 rings (SSSR count). The van der Waals surface area contributed by atoms with E-state index in [1.807, 2.05) is 0 Å². The predicted octanol–water partition coefficient (Wildman–Crippen LogP) is 2.56. The van der Waals surface area contributed by atoms with Crippen molar-refractivity contribution < 1.29 is 4.21 Å². The number of nitrogens with one attached hydrogen (secondary N) is 1. The predicted molar refractivity (Wildman–Crippen MR) is 72.1 cm³/mol. The second-order valence-electron chi connectivity index (χ2n) is 5.27. The molecule has 3 heteroatoms. The Labute approximate surface area is 103 Å². The summed E-state index contributed by atoms with van der Waals surface area (Å²) in [5.74, 6) is 2.24. The maximum absolute atomic E-state index is 12.3. The molecule has 1 aliphatic rings. The van der Waals surface area contributed by atoms with Crippen LogP contribution in [0.4, 0.5) is 0 Å². The minimum Gasteiger partial charge on any atom is -0.313 e. The van der Waals surface area contributed by atoms with Gasteiger partial charge in [0.2, 0.25) is 0 Å². The van der Waals surface area contributed by atoms with Gasteiger partial charge in [0.15, 0.2) is 0 Å². The molecule has 16 heavy (non-hydrogen) atoms. The monoisotopic (exact) mass is 245 g/mol. The maximum atomic E-state index is 12.3. The standard InChI is InChI=1S/C13H27NOS/c1-5-7-16(15)13-11(4)8-10(3)9-12(13)14-6-2/h10-14H,5-9H2,1-4H3. The van der Waals surface area contributed by atoms with Crippen molar-refractivity contribution in [2.45, 2.75) is 58.2 Å². The van der Waals surface area contributed by atoms with E-state index in [0.717, 1.165) is 24.6 Å². The van der Waals surface area contributed by atoms with Gasteiger partial charge in [0.25, 0.3) is 0 Å². The zero-order valence-corrected chi connectivity index (χ0v) is 12.0. The van der Waals surface area contributed by atoms with E-state index < -0.39 is 10.8 Å². The Morgan fingerprint density at radius 3 is 2.50 bits per heavy atom. The van der Waals surface area contributed by atoms with Crippen molar-refractivity contribution in [2.24, 2.45) is 11.8 Å². The van der Waals surface area contributed by atoms with Crippen molar-refractivity contribution in [1.29, 1.82) is 0 Å². The van der Waals surface area contributed by atoms with Crippen LogP contribution in [-0.2, 0) is 10.8 Å². The smallest absolute Gasteiger partial charge is 0.0526 e. The summed E-state index contributed by atoms with van der Waals surface area (Å²) >= 11 is 0. The molecule has 0 aromatic rings.